The molecule has 0 bridgehead atoms. The average Bonchev–Trinajstić information content (AvgIpc) is 3.46. The van der Waals surface area contributed by atoms with Gasteiger partial charge in [0.1, 0.15) is 12.6 Å². The summed E-state index contributed by atoms with van der Waals surface area (Å²) in [4.78, 5) is 30.3. The highest BCUT2D eigenvalue weighted by atomic mass is 16.5. The molecule has 5 aromatic carbocycles. The molecule has 1 amide bonds. The van der Waals surface area contributed by atoms with E-state index in [-0.39, 0.29) is 24.5 Å². The van der Waals surface area contributed by atoms with Crippen LogP contribution in [0.2, 0.25) is 0 Å². The standard InChI is InChI=1S/C43H42N2O3/c1-4-17-38(42(46)44-40(30(2)3)43(47)48-29-32-20-10-6-11-21-32)45(28-31-18-8-5-9-19-31)41-37-25-15-14-24-35(37)36-27-16-26-34(39(36)41)33-22-12-7-13-23-33/h4-16,18-27,30,38,40-41H,1,17,28-29H2,2-3H3,(H,44,46)/t38?,40-,41?/m1/s1. The zero-order chi connectivity index (χ0) is 33.5. The van der Waals surface area contributed by atoms with Crippen molar-refractivity contribution in [1.29, 1.82) is 0 Å². The van der Waals surface area contributed by atoms with Gasteiger partial charge in [0.15, 0.2) is 0 Å². The van der Waals surface area contributed by atoms with Crippen molar-refractivity contribution in [2.45, 2.75) is 51.5 Å². The van der Waals surface area contributed by atoms with Gasteiger partial charge in [-0.1, -0.05) is 153 Å². The number of amides is 1. The zero-order valence-corrected chi connectivity index (χ0v) is 27.6. The molecular formula is C43H42N2O3. The molecule has 0 aromatic heterocycles. The number of nitrogens with one attached hydrogen (secondary N) is 1. The van der Waals surface area contributed by atoms with Crippen LogP contribution in [0.5, 0.6) is 0 Å². The lowest BCUT2D eigenvalue weighted by Gasteiger charge is -2.38. The van der Waals surface area contributed by atoms with Crippen LogP contribution in [0.4, 0.5) is 0 Å². The summed E-state index contributed by atoms with van der Waals surface area (Å²) < 4.78 is 5.72. The first-order valence-electron chi connectivity index (χ1n) is 16.7. The van der Waals surface area contributed by atoms with E-state index >= 15 is 0 Å². The minimum atomic E-state index is -0.810. The molecule has 6 rings (SSSR count). The summed E-state index contributed by atoms with van der Waals surface area (Å²) in [6.45, 7) is 8.58. The second-order valence-corrected chi connectivity index (χ2v) is 12.6. The first-order valence-corrected chi connectivity index (χ1v) is 16.7. The predicted octanol–water partition coefficient (Wildman–Crippen LogP) is 8.75. The Labute approximate surface area is 283 Å². The Kier molecular flexibility index (Phi) is 10.3. The number of hydrogen-bond donors (Lipinski definition) is 1. The van der Waals surface area contributed by atoms with Gasteiger partial charge in [-0.15, -0.1) is 6.58 Å². The van der Waals surface area contributed by atoms with Gasteiger partial charge in [-0.25, -0.2) is 4.79 Å². The van der Waals surface area contributed by atoms with E-state index < -0.39 is 18.1 Å². The van der Waals surface area contributed by atoms with E-state index in [1.54, 1.807) is 6.08 Å². The normalized spacial score (nSPS) is 14.5. The molecular weight excluding hydrogens is 592 g/mol. The molecule has 0 saturated heterocycles. The lowest BCUT2D eigenvalue weighted by atomic mass is 9.91. The smallest absolute Gasteiger partial charge is 0.329 e. The van der Waals surface area contributed by atoms with E-state index in [4.69, 9.17) is 4.74 Å². The molecule has 5 nitrogen and oxygen atoms in total. The number of benzene rings is 5. The third-order valence-corrected chi connectivity index (χ3v) is 9.08. The molecule has 5 heteroatoms. The first kappa shape index (κ1) is 32.7. The summed E-state index contributed by atoms with van der Waals surface area (Å²) in [7, 11) is 0. The molecule has 0 radical (unpaired) electrons. The van der Waals surface area contributed by atoms with Gasteiger partial charge in [0.25, 0.3) is 0 Å². The Bertz CT molecular complexity index is 1850. The molecule has 242 valence electrons. The van der Waals surface area contributed by atoms with Crippen molar-refractivity contribution in [2.75, 3.05) is 0 Å². The number of hydrogen-bond acceptors (Lipinski definition) is 4. The van der Waals surface area contributed by atoms with Crippen LogP contribution in [0.1, 0.15) is 48.6 Å². The highest BCUT2D eigenvalue weighted by Crippen LogP contribution is 2.51. The Balaban J connectivity index is 1.41. The molecule has 1 aliphatic rings. The second-order valence-electron chi connectivity index (χ2n) is 12.6. The Morgan fingerprint density at radius 2 is 1.33 bits per heavy atom. The van der Waals surface area contributed by atoms with Crippen LogP contribution in [-0.2, 0) is 27.5 Å². The van der Waals surface area contributed by atoms with Crippen molar-refractivity contribution in [3.8, 4) is 22.3 Å². The van der Waals surface area contributed by atoms with Crippen LogP contribution in [0, 0.1) is 5.92 Å². The van der Waals surface area contributed by atoms with Gasteiger partial charge in [0.05, 0.1) is 12.1 Å². The molecule has 1 aliphatic carbocycles. The highest BCUT2D eigenvalue weighted by molar-refractivity contribution is 5.89. The Morgan fingerprint density at radius 1 is 0.750 bits per heavy atom. The highest BCUT2D eigenvalue weighted by Gasteiger charge is 2.41. The van der Waals surface area contributed by atoms with Gasteiger partial charge in [-0.05, 0) is 56.8 Å². The number of rotatable bonds is 13. The van der Waals surface area contributed by atoms with E-state index in [9.17, 15) is 9.59 Å². The number of nitrogens with zero attached hydrogens (tertiary/aromatic N) is 1. The predicted molar refractivity (Wildman–Crippen MR) is 193 cm³/mol. The number of carbonyl (C=O) groups is 2. The quantitative estimate of drug-likeness (QED) is 0.104. The summed E-state index contributed by atoms with van der Waals surface area (Å²) in [6, 6.07) is 43.5. The molecule has 0 aliphatic heterocycles. The number of esters is 1. The van der Waals surface area contributed by atoms with E-state index in [0.717, 1.165) is 38.9 Å². The van der Waals surface area contributed by atoms with E-state index in [1.807, 2.05) is 68.4 Å². The molecule has 0 spiro atoms. The maximum absolute atomic E-state index is 14.6. The largest absolute Gasteiger partial charge is 0.459 e. The maximum Gasteiger partial charge on any atom is 0.329 e. The van der Waals surface area contributed by atoms with Crippen molar-refractivity contribution >= 4 is 11.9 Å². The Hall–Kier alpha value is -5.26. The number of fused-ring (bicyclic) bond motifs is 3. The van der Waals surface area contributed by atoms with Gasteiger partial charge in [-0.3, -0.25) is 9.69 Å². The van der Waals surface area contributed by atoms with E-state index in [2.05, 4.69) is 95.7 Å². The molecule has 0 fully saturated rings. The summed E-state index contributed by atoms with van der Waals surface area (Å²) in [5, 5.41) is 3.12. The van der Waals surface area contributed by atoms with Crippen LogP contribution in [0.15, 0.2) is 146 Å². The lowest BCUT2D eigenvalue weighted by Crippen LogP contribution is -2.53. The second kappa shape index (κ2) is 15.1. The van der Waals surface area contributed by atoms with Crippen LogP contribution in [0.25, 0.3) is 22.3 Å². The van der Waals surface area contributed by atoms with Crippen molar-refractivity contribution < 1.29 is 14.3 Å². The third kappa shape index (κ3) is 7.02. The van der Waals surface area contributed by atoms with Crippen LogP contribution >= 0.6 is 0 Å². The van der Waals surface area contributed by atoms with Gasteiger partial charge >= 0.3 is 5.97 Å². The SMILES string of the molecule is C=CCC(C(=O)N[C@@H](C(=O)OCc1ccccc1)C(C)C)N(Cc1ccccc1)C1c2ccccc2-c2cccc(-c3ccccc3)c21. The minimum Gasteiger partial charge on any atom is -0.459 e. The summed E-state index contributed by atoms with van der Waals surface area (Å²) in [6.07, 6.45) is 2.19. The fraction of sp³-hybridized carbons (Fsp3) is 0.209. The van der Waals surface area contributed by atoms with Crippen LogP contribution in [-0.4, -0.2) is 28.9 Å². The maximum atomic E-state index is 14.6. The summed E-state index contributed by atoms with van der Waals surface area (Å²) in [5.74, 6) is -0.858. The fourth-order valence-corrected chi connectivity index (χ4v) is 6.74. The minimum absolute atomic E-state index is 0.146. The first-order chi connectivity index (χ1) is 23.5. The molecule has 1 N–H and O–H groups in total. The van der Waals surface area contributed by atoms with Crippen molar-refractivity contribution in [1.82, 2.24) is 10.2 Å². The van der Waals surface area contributed by atoms with Crippen molar-refractivity contribution in [3.63, 3.8) is 0 Å². The van der Waals surface area contributed by atoms with E-state index in [1.165, 1.54) is 5.56 Å². The van der Waals surface area contributed by atoms with Crippen molar-refractivity contribution in [3.05, 3.63) is 168 Å². The fourth-order valence-electron chi connectivity index (χ4n) is 6.74. The number of carbonyl (C=O) groups excluding carboxylic acids is 2. The molecule has 0 heterocycles. The molecule has 48 heavy (non-hydrogen) atoms. The average molecular weight is 635 g/mol. The molecule has 3 atom stereocenters. The zero-order valence-electron chi connectivity index (χ0n) is 27.6. The summed E-state index contributed by atoms with van der Waals surface area (Å²) in [5.41, 5.74) is 8.89. The van der Waals surface area contributed by atoms with Crippen LogP contribution in [0.3, 0.4) is 0 Å². The number of ether oxygens (including phenoxy) is 1. The van der Waals surface area contributed by atoms with Gasteiger partial charge in [0.2, 0.25) is 5.91 Å². The molecule has 5 aromatic rings. The van der Waals surface area contributed by atoms with Gasteiger partial charge in [0, 0.05) is 6.54 Å². The summed E-state index contributed by atoms with van der Waals surface area (Å²) >= 11 is 0. The van der Waals surface area contributed by atoms with E-state index in [0.29, 0.717) is 13.0 Å². The monoisotopic (exact) mass is 634 g/mol. The van der Waals surface area contributed by atoms with Gasteiger partial charge in [-0.2, -0.15) is 0 Å². The van der Waals surface area contributed by atoms with Crippen molar-refractivity contribution in [2.24, 2.45) is 5.92 Å². The van der Waals surface area contributed by atoms with Crippen LogP contribution < -0.4 is 5.32 Å². The lowest BCUT2D eigenvalue weighted by molar-refractivity contribution is -0.151. The Morgan fingerprint density at radius 3 is 2.00 bits per heavy atom. The molecule has 0 saturated carbocycles. The topological polar surface area (TPSA) is 58.6 Å². The third-order valence-electron chi connectivity index (χ3n) is 9.08. The molecule has 2 unspecified atom stereocenters. The van der Waals surface area contributed by atoms with Gasteiger partial charge < -0.3 is 10.1 Å².